The number of ether oxygens (including phenoxy) is 1. The van der Waals surface area contributed by atoms with Crippen molar-refractivity contribution in [1.29, 1.82) is 0 Å². The number of aromatic nitrogens is 1. The second-order valence-corrected chi connectivity index (χ2v) is 13.6. The Balaban J connectivity index is 1.21. The van der Waals surface area contributed by atoms with Crippen LogP contribution in [0.15, 0.2) is 58.4 Å². The number of carboxylic acids is 1. The van der Waals surface area contributed by atoms with Gasteiger partial charge in [0.25, 0.3) is 5.91 Å². The van der Waals surface area contributed by atoms with Crippen LogP contribution < -0.4 is 14.9 Å². The predicted molar refractivity (Wildman–Crippen MR) is 156 cm³/mol. The van der Waals surface area contributed by atoms with Crippen LogP contribution in [0.4, 0.5) is 5.69 Å². The van der Waals surface area contributed by atoms with E-state index in [4.69, 9.17) is 4.74 Å². The maximum Gasteiger partial charge on any atom is 0.326 e. The van der Waals surface area contributed by atoms with Gasteiger partial charge in [0.05, 0.1) is 16.9 Å². The number of nitrogens with zero attached hydrogens (tertiary/aromatic N) is 1. The number of imide groups is 1. The van der Waals surface area contributed by atoms with Gasteiger partial charge < -0.3 is 25.3 Å². The number of aromatic amines is 1. The number of thiazole rings is 1. The molecular formula is C30H27N3O8S2. The molecule has 13 heteroatoms. The van der Waals surface area contributed by atoms with Crippen molar-refractivity contribution in [3.8, 4) is 11.5 Å². The monoisotopic (exact) mass is 621 g/mol. The molecule has 3 aromatic rings. The number of phenols is 1. The van der Waals surface area contributed by atoms with Crippen LogP contribution in [0.1, 0.15) is 29.7 Å². The number of rotatable bonds is 7. The third-order valence-corrected chi connectivity index (χ3v) is 11.9. The van der Waals surface area contributed by atoms with Crippen molar-refractivity contribution >= 4 is 52.5 Å². The van der Waals surface area contributed by atoms with Crippen LogP contribution in [0.3, 0.4) is 0 Å². The molecule has 1 saturated heterocycles. The Bertz CT molecular complexity index is 1720. The third kappa shape index (κ3) is 4.36. The van der Waals surface area contributed by atoms with Crippen molar-refractivity contribution in [3.63, 3.8) is 0 Å². The van der Waals surface area contributed by atoms with E-state index in [1.165, 1.54) is 30.8 Å². The van der Waals surface area contributed by atoms with Gasteiger partial charge in [-0.1, -0.05) is 29.5 Å². The minimum Gasteiger partial charge on any atom is -0.508 e. The van der Waals surface area contributed by atoms with E-state index in [2.05, 4.69) is 10.3 Å². The summed E-state index contributed by atoms with van der Waals surface area (Å²) >= 11 is 2.65. The summed E-state index contributed by atoms with van der Waals surface area (Å²) in [6.45, 7) is 1.08. The summed E-state index contributed by atoms with van der Waals surface area (Å²) in [5.41, 5.74) is 1.29. The Kier molecular flexibility index (Phi) is 6.62. The fraction of sp³-hybridized carbons (Fsp3) is 0.367. The summed E-state index contributed by atoms with van der Waals surface area (Å²) < 4.78 is 6.05. The van der Waals surface area contributed by atoms with E-state index in [1.54, 1.807) is 24.3 Å². The zero-order valence-corrected chi connectivity index (χ0v) is 24.4. The Morgan fingerprint density at radius 3 is 2.49 bits per heavy atom. The molecule has 1 aromatic heterocycles. The average molecular weight is 622 g/mol. The van der Waals surface area contributed by atoms with Crippen LogP contribution in [0, 0.1) is 29.6 Å². The van der Waals surface area contributed by atoms with Crippen molar-refractivity contribution in [3.05, 3.63) is 68.6 Å². The molecule has 2 aliphatic heterocycles. The summed E-state index contributed by atoms with van der Waals surface area (Å²) in [7, 11) is 0. The number of nitrogens with one attached hydrogen (secondary N) is 2. The largest absolute Gasteiger partial charge is 0.508 e. The number of H-pyrrole nitrogens is 1. The molecule has 3 amide bonds. The lowest BCUT2D eigenvalue weighted by molar-refractivity contribution is -0.154. The number of hydrogen-bond acceptors (Lipinski definition) is 9. The highest BCUT2D eigenvalue weighted by molar-refractivity contribution is 8.00. The number of amides is 3. The quantitative estimate of drug-likeness (QED) is 0.229. The highest BCUT2D eigenvalue weighted by atomic mass is 32.2. The Morgan fingerprint density at radius 1 is 1.07 bits per heavy atom. The van der Waals surface area contributed by atoms with Gasteiger partial charge in [-0.2, -0.15) is 0 Å². The summed E-state index contributed by atoms with van der Waals surface area (Å²) in [4.78, 5) is 68.6. The number of fused-ring (bicyclic) bond motifs is 9. The molecule has 43 heavy (non-hydrogen) atoms. The first-order valence-corrected chi connectivity index (χ1v) is 15.6. The highest BCUT2D eigenvalue weighted by Crippen LogP contribution is 2.69. The van der Waals surface area contributed by atoms with E-state index < -0.39 is 41.6 Å². The molecule has 2 saturated carbocycles. The molecule has 7 unspecified atom stereocenters. The number of carbonyl (C=O) groups excluding carboxylic acids is 3. The minimum atomic E-state index is -1.24. The van der Waals surface area contributed by atoms with Gasteiger partial charge in [0.15, 0.2) is 6.61 Å². The maximum absolute atomic E-state index is 13.6. The van der Waals surface area contributed by atoms with Crippen LogP contribution in [0.5, 0.6) is 11.5 Å². The van der Waals surface area contributed by atoms with Crippen molar-refractivity contribution in [1.82, 2.24) is 9.88 Å². The number of benzene rings is 2. The minimum absolute atomic E-state index is 0.0725. The molecule has 222 valence electrons. The van der Waals surface area contributed by atoms with E-state index >= 15 is 0 Å². The summed E-state index contributed by atoms with van der Waals surface area (Å²) in [5.74, 6) is -3.85. The number of carbonyl (C=O) groups is 4. The predicted octanol–water partition coefficient (Wildman–Crippen LogP) is 3.11. The second kappa shape index (κ2) is 10.3. The Hall–Kier alpha value is -4.10. The van der Waals surface area contributed by atoms with Gasteiger partial charge in [0, 0.05) is 27.3 Å². The average Bonchev–Trinajstić information content (AvgIpc) is 3.71. The number of carboxylic acid groups (broad SMARTS) is 1. The topological polar surface area (TPSA) is 166 Å². The number of likely N-dealkylation sites (tertiary alicyclic amines) is 1. The molecule has 11 nitrogen and oxygen atoms in total. The van der Waals surface area contributed by atoms with Gasteiger partial charge >= 0.3 is 10.8 Å². The first-order chi connectivity index (χ1) is 20.6. The van der Waals surface area contributed by atoms with Gasteiger partial charge in [-0.15, -0.1) is 11.8 Å². The molecule has 0 spiro atoms. The fourth-order valence-electron chi connectivity index (χ4n) is 7.63. The normalized spacial score (nSPS) is 29.1. The Morgan fingerprint density at radius 2 is 1.77 bits per heavy atom. The molecule has 8 atom stereocenters. The summed E-state index contributed by atoms with van der Waals surface area (Å²) in [6.07, 6.45) is 0.665. The van der Waals surface area contributed by atoms with Gasteiger partial charge in [-0.05, 0) is 61.4 Å². The molecule has 2 bridgehead atoms. The van der Waals surface area contributed by atoms with Crippen LogP contribution in [-0.2, 0) is 19.2 Å². The smallest absolute Gasteiger partial charge is 0.326 e. The van der Waals surface area contributed by atoms with Gasteiger partial charge in [-0.25, -0.2) is 4.79 Å². The number of aromatic hydroxyl groups is 1. The molecule has 3 fully saturated rings. The number of phenolic OH excluding ortho intramolecular Hbond substituents is 1. The number of anilines is 1. The Labute approximate surface area is 253 Å². The molecule has 4 aliphatic rings. The highest BCUT2D eigenvalue weighted by Gasteiger charge is 2.70. The molecular weight excluding hydrogens is 594 g/mol. The van der Waals surface area contributed by atoms with Crippen LogP contribution in [0.25, 0.3) is 0 Å². The molecule has 0 radical (unpaired) electrons. The molecule has 2 aromatic carbocycles. The van der Waals surface area contributed by atoms with Crippen LogP contribution in [-0.4, -0.2) is 61.7 Å². The van der Waals surface area contributed by atoms with Crippen molar-refractivity contribution in [2.75, 3.05) is 11.9 Å². The molecule has 2 aliphatic carbocycles. The lowest BCUT2D eigenvalue weighted by atomic mass is 9.68. The van der Waals surface area contributed by atoms with Crippen LogP contribution in [0.2, 0.25) is 0 Å². The van der Waals surface area contributed by atoms with E-state index in [0.29, 0.717) is 17.9 Å². The van der Waals surface area contributed by atoms with E-state index in [9.17, 15) is 34.2 Å². The number of thioether (sulfide) groups is 1. The van der Waals surface area contributed by atoms with E-state index in [0.717, 1.165) is 31.7 Å². The van der Waals surface area contributed by atoms with Gasteiger partial charge in [0.1, 0.15) is 17.5 Å². The molecule has 3 heterocycles. The van der Waals surface area contributed by atoms with Crippen molar-refractivity contribution in [2.24, 2.45) is 29.6 Å². The van der Waals surface area contributed by atoms with E-state index in [1.807, 2.05) is 12.1 Å². The van der Waals surface area contributed by atoms with Gasteiger partial charge in [-0.3, -0.25) is 24.1 Å². The maximum atomic E-state index is 13.6. The number of aliphatic carboxylic acids is 1. The first-order valence-electron chi connectivity index (χ1n) is 13.9. The number of para-hydroxylation sites is 1. The van der Waals surface area contributed by atoms with Gasteiger partial charge in [0.2, 0.25) is 11.8 Å². The lowest BCUT2D eigenvalue weighted by Crippen LogP contribution is -2.44. The summed E-state index contributed by atoms with van der Waals surface area (Å²) in [6, 6.07) is 12.2. The fourth-order valence-corrected chi connectivity index (χ4v) is 10.5. The summed E-state index contributed by atoms with van der Waals surface area (Å²) in [5, 5.41) is 22.5. The van der Waals surface area contributed by atoms with Crippen molar-refractivity contribution in [2.45, 2.75) is 35.6 Å². The molecule has 7 rings (SSSR count). The van der Waals surface area contributed by atoms with E-state index in [-0.39, 0.29) is 46.2 Å². The lowest BCUT2D eigenvalue weighted by Gasteiger charge is -2.43. The standard InChI is InChI=1S/C30H27N3O8S2/c1-12(29(38)39)33-27(36)22-16-10-17(23(22)28(33)37)24-21(16)20(25-26(42-24)32-30(40)43-25)15-4-2-3-5-18(15)41-11-19(35)31-13-6-8-14(34)9-7-13/h2-9,12,16-17,20-24,34H,10-11H2,1H3,(H,31,35)(H,32,40)(H,38,39)/t12?,16?,17?,20-,21?,22?,23?,24?/m1/s1. The van der Waals surface area contributed by atoms with Crippen molar-refractivity contribution < 1.29 is 34.1 Å². The SMILES string of the molecule is CC(C(=O)O)N1C(=O)C2C3CC(C2C1=O)C1C3Sc2[nH]c(=O)sc2[C@@H]1c1ccccc1OCC(=O)Nc1ccc(O)cc1. The zero-order valence-electron chi connectivity index (χ0n) is 22.8. The third-order valence-electron chi connectivity index (χ3n) is 9.27. The van der Waals surface area contributed by atoms with Crippen LogP contribution >= 0.6 is 23.1 Å². The second-order valence-electron chi connectivity index (χ2n) is 11.4. The molecule has 4 N–H and O–H groups in total. The first kappa shape index (κ1) is 27.7. The zero-order chi connectivity index (χ0) is 30.2. The number of hydrogen-bond donors (Lipinski definition) is 4.